The Balaban J connectivity index is 2.66. The molecular formula is C19H39N6O5P. The van der Waals surface area contributed by atoms with Crippen LogP contribution in [0.25, 0.3) is 0 Å². The molecule has 0 saturated carbocycles. The lowest BCUT2D eigenvalue weighted by atomic mass is 10.0. The number of rotatable bonds is 14. The van der Waals surface area contributed by atoms with Crippen molar-refractivity contribution in [1.29, 1.82) is 0 Å². The Morgan fingerprint density at radius 3 is 2.42 bits per heavy atom. The Kier molecular flexibility index (Phi) is 12.1. The average molecular weight is 463 g/mol. The van der Waals surface area contributed by atoms with Crippen molar-refractivity contribution in [3.8, 4) is 0 Å². The van der Waals surface area contributed by atoms with E-state index < -0.39 is 31.4 Å². The molecule has 1 aliphatic heterocycles. The normalized spacial score (nSPS) is 16.8. The summed E-state index contributed by atoms with van der Waals surface area (Å²) in [4.78, 5) is 48.5. The summed E-state index contributed by atoms with van der Waals surface area (Å²) >= 11 is 0. The van der Waals surface area contributed by atoms with Gasteiger partial charge in [-0.05, 0) is 38.0 Å². The maximum atomic E-state index is 12.9. The zero-order valence-electron chi connectivity index (χ0n) is 19.0. The topological polar surface area (TPSA) is 164 Å². The maximum absolute atomic E-state index is 12.9. The second-order valence-electron chi connectivity index (χ2n) is 8.12. The maximum Gasteiger partial charge on any atom is 0.342 e. The predicted octanol–water partition coefficient (Wildman–Crippen LogP) is -0.146. The molecule has 1 rings (SSSR count). The van der Waals surface area contributed by atoms with Crippen LogP contribution in [0.5, 0.6) is 0 Å². The molecule has 2 amide bonds. The molecule has 0 aromatic rings. The van der Waals surface area contributed by atoms with Gasteiger partial charge in [0.1, 0.15) is 11.8 Å². The Bertz CT molecular complexity index is 654. The van der Waals surface area contributed by atoms with Crippen LogP contribution in [0, 0.1) is 5.92 Å². The Morgan fingerprint density at radius 1 is 1.19 bits per heavy atom. The minimum Gasteiger partial charge on any atom is -0.357 e. The molecular weight excluding hydrogens is 423 g/mol. The summed E-state index contributed by atoms with van der Waals surface area (Å²) in [5.74, 6) is -0.938. The van der Waals surface area contributed by atoms with Gasteiger partial charge < -0.3 is 31.1 Å². The number of nitrogens with zero attached hydrogens (tertiary/aromatic N) is 1. The number of carbonyl (C=O) groups is 2. The Labute approximate surface area is 184 Å². The summed E-state index contributed by atoms with van der Waals surface area (Å²) in [5, 5.41) is 14.5. The smallest absolute Gasteiger partial charge is 0.342 e. The monoisotopic (exact) mass is 462 g/mol. The third-order valence-corrected chi connectivity index (χ3v) is 6.30. The van der Waals surface area contributed by atoms with Crippen LogP contribution in [0.15, 0.2) is 4.99 Å². The van der Waals surface area contributed by atoms with Gasteiger partial charge in [-0.3, -0.25) is 24.5 Å². The van der Waals surface area contributed by atoms with Gasteiger partial charge in [-0.15, -0.1) is 0 Å². The van der Waals surface area contributed by atoms with Crippen LogP contribution in [0.4, 0.5) is 0 Å². The molecule has 0 aliphatic carbocycles. The number of nitrogens with one attached hydrogen (secondary N) is 5. The van der Waals surface area contributed by atoms with Gasteiger partial charge in [0.2, 0.25) is 11.8 Å². The molecule has 0 fully saturated rings. The van der Waals surface area contributed by atoms with E-state index in [1.807, 2.05) is 13.8 Å². The van der Waals surface area contributed by atoms with E-state index in [9.17, 15) is 23.9 Å². The lowest BCUT2D eigenvalue weighted by Crippen LogP contribution is -2.54. The zero-order valence-corrected chi connectivity index (χ0v) is 19.9. The van der Waals surface area contributed by atoms with E-state index in [1.165, 1.54) is 7.05 Å². The molecule has 0 unspecified atom stereocenters. The van der Waals surface area contributed by atoms with Crippen molar-refractivity contribution in [1.82, 2.24) is 26.6 Å². The first-order valence-corrected chi connectivity index (χ1v) is 12.6. The highest BCUT2D eigenvalue weighted by atomic mass is 31.2. The van der Waals surface area contributed by atoms with Gasteiger partial charge in [-0.1, -0.05) is 20.8 Å². The summed E-state index contributed by atoms with van der Waals surface area (Å²) in [7, 11) is -2.89. The van der Waals surface area contributed by atoms with Gasteiger partial charge in [0.25, 0.3) is 0 Å². The summed E-state index contributed by atoms with van der Waals surface area (Å²) < 4.78 is 11.7. The Hall–Kier alpha value is -1.68. The molecule has 31 heavy (non-hydrogen) atoms. The number of aliphatic imine (C=N–C) groups is 1. The van der Waals surface area contributed by atoms with Gasteiger partial charge in [0, 0.05) is 20.1 Å². The first-order chi connectivity index (χ1) is 14.6. The molecule has 7 N–H and O–H groups in total. The van der Waals surface area contributed by atoms with Gasteiger partial charge in [0.15, 0.2) is 5.96 Å². The molecule has 3 atom stereocenters. The fourth-order valence-electron chi connectivity index (χ4n) is 3.32. The molecule has 180 valence electrons. The van der Waals surface area contributed by atoms with E-state index in [2.05, 4.69) is 31.6 Å². The molecule has 1 heterocycles. The lowest BCUT2D eigenvalue weighted by molar-refractivity contribution is -0.130. The van der Waals surface area contributed by atoms with Crippen LogP contribution in [-0.4, -0.2) is 72.1 Å². The zero-order chi connectivity index (χ0) is 23.4. The van der Waals surface area contributed by atoms with E-state index in [1.54, 1.807) is 6.92 Å². The number of hydrogen-bond acceptors (Lipinski definition) is 7. The quantitative estimate of drug-likeness (QED) is 0.138. The summed E-state index contributed by atoms with van der Waals surface area (Å²) in [5.41, 5.74) is 0. The summed E-state index contributed by atoms with van der Waals surface area (Å²) in [6.07, 6.45) is 2.53. The van der Waals surface area contributed by atoms with E-state index in [-0.39, 0.29) is 18.2 Å². The van der Waals surface area contributed by atoms with E-state index in [4.69, 9.17) is 0 Å². The molecule has 12 heteroatoms. The van der Waals surface area contributed by atoms with Crippen molar-refractivity contribution in [3.63, 3.8) is 0 Å². The van der Waals surface area contributed by atoms with Crippen LogP contribution in [0.1, 0.15) is 52.9 Å². The van der Waals surface area contributed by atoms with Crippen molar-refractivity contribution < 1.29 is 23.9 Å². The van der Waals surface area contributed by atoms with Crippen LogP contribution < -0.4 is 26.6 Å². The van der Waals surface area contributed by atoms with E-state index in [0.29, 0.717) is 25.8 Å². The lowest BCUT2D eigenvalue weighted by Gasteiger charge is -2.28. The van der Waals surface area contributed by atoms with Crippen molar-refractivity contribution in [3.05, 3.63) is 0 Å². The minimum atomic E-state index is -4.40. The van der Waals surface area contributed by atoms with Crippen molar-refractivity contribution in [2.45, 2.75) is 70.7 Å². The van der Waals surface area contributed by atoms with Crippen LogP contribution in [-0.2, 0) is 14.2 Å². The second kappa shape index (κ2) is 13.7. The number of guanidine groups is 1. The van der Waals surface area contributed by atoms with Crippen molar-refractivity contribution in [2.24, 2.45) is 10.9 Å². The standard InChI is InChI=1S/C19H39N6O5P/c1-5-16(31(28,29)30)24-15(12-13(2)3)18(27)25-14(17(26)20-4)8-6-7-9-21-19-22-10-11-23-19/h13-16,24H,5-12H2,1-4H3,(H,20,26)(H,25,27)(H2,21,22,23)(H2,28,29,30)/t14-,15-,16+/m0/s1. The van der Waals surface area contributed by atoms with E-state index >= 15 is 0 Å². The van der Waals surface area contributed by atoms with E-state index in [0.717, 1.165) is 25.5 Å². The molecule has 0 radical (unpaired) electrons. The molecule has 1 aliphatic rings. The second-order valence-corrected chi connectivity index (χ2v) is 9.92. The third-order valence-electron chi connectivity index (χ3n) is 4.98. The first kappa shape index (κ1) is 27.4. The molecule has 0 spiro atoms. The Morgan fingerprint density at radius 2 is 1.90 bits per heavy atom. The van der Waals surface area contributed by atoms with Crippen LogP contribution >= 0.6 is 7.60 Å². The highest BCUT2D eigenvalue weighted by Gasteiger charge is 2.33. The molecule has 0 aromatic carbocycles. The minimum absolute atomic E-state index is 0.120. The van der Waals surface area contributed by atoms with Gasteiger partial charge in [-0.25, -0.2) is 0 Å². The fourth-order valence-corrected chi connectivity index (χ4v) is 4.17. The van der Waals surface area contributed by atoms with Gasteiger partial charge in [0.05, 0.1) is 12.6 Å². The number of unbranched alkanes of at least 4 members (excludes halogenated alkanes) is 1. The third kappa shape index (κ3) is 10.5. The summed E-state index contributed by atoms with van der Waals surface area (Å²) in [6, 6.07) is -1.52. The number of hydrogen-bond donors (Lipinski definition) is 7. The SMILES string of the molecule is CC[C@H](N[C@@H](CC(C)C)C(=O)N[C@@H](CCCCNC1=NCCN1)C(=O)NC)P(=O)(O)O. The highest BCUT2D eigenvalue weighted by Crippen LogP contribution is 2.41. The molecule has 0 bridgehead atoms. The molecule has 11 nitrogen and oxygen atoms in total. The number of carbonyl (C=O) groups excluding carboxylic acids is 2. The van der Waals surface area contributed by atoms with Crippen molar-refractivity contribution >= 4 is 25.4 Å². The van der Waals surface area contributed by atoms with Crippen molar-refractivity contribution in [2.75, 3.05) is 26.7 Å². The van der Waals surface area contributed by atoms with Gasteiger partial charge >= 0.3 is 7.60 Å². The highest BCUT2D eigenvalue weighted by molar-refractivity contribution is 7.52. The number of likely N-dealkylation sites (N-methyl/N-ethyl adjacent to an activating group) is 1. The average Bonchev–Trinajstić information content (AvgIpc) is 3.21. The fraction of sp³-hybridized carbons (Fsp3) is 0.842. The predicted molar refractivity (Wildman–Crippen MR) is 121 cm³/mol. The van der Waals surface area contributed by atoms with Gasteiger partial charge in [-0.2, -0.15) is 0 Å². The molecule has 0 saturated heterocycles. The van der Waals surface area contributed by atoms with Crippen LogP contribution in [0.3, 0.4) is 0 Å². The first-order valence-electron chi connectivity index (χ1n) is 10.9. The van der Waals surface area contributed by atoms with Crippen LogP contribution in [0.2, 0.25) is 0 Å². The summed E-state index contributed by atoms with van der Waals surface area (Å²) in [6.45, 7) is 7.80. The number of amides is 2. The molecule has 0 aromatic heterocycles. The largest absolute Gasteiger partial charge is 0.357 e.